The van der Waals surface area contributed by atoms with E-state index in [0.717, 1.165) is 16.9 Å². The van der Waals surface area contributed by atoms with E-state index in [1.807, 2.05) is 36.4 Å². The van der Waals surface area contributed by atoms with Gasteiger partial charge in [0.2, 0.25) is 10.0 Å². The molecule has 0 radical (unpaired) electrons. The van der Waals surface area contributed by atoms with Crippen molar-refractivity contribution in [1.29, 1.82) is 0 Å². The average Bonchev–Trinajstić information content (AvgIpc) is 3.10. The standard InChI is InChI=1S/C23H32N2O4S/c1-23(2,3)19-12-10-18(11-13-19)22-21(16-29-25(22)4)30(26,27)24-15-14-17-8-6-7-9-20(17)28-5/h6-13,21-22,24H,14-16H2,1-5H3/t21-,22-/m1/s1. The molecule has 1 fully saturated rings. The van der Waals surface area contributed by atoms with Crippen molar-refractivity contribution in [2.45, 2.75) is 43.9 Å². The second-order valence-electron chi connectivity index (χ2n) is 8.70. The Balaban J connectivity index is 1.72. The second kappa shape index (κ2) is 9.06. The van der Waals surface area contributed by atoms with Gasteiger partial charge in [0.05, 0.1) is 19.8 Å². The molecule has 30 heavy (non-hydrogen) atoms. The molecule has 2 atom stereocenters. The molecule has 164 valence electrons. The van der Waals surface area contributed by atoms with Gasteiger partial charge in [0.15, 0.2) is 0 Å². The van der Waals surface area contributed by atoms with E-state index < -0.39 is 15.3 Å². The summed E-state index contributed by atoms with van der Waals surface area (Å²) < 4.78 is 34.3. The van der Waals surface area contributed by atoms with Crippen LogP contribution in [0, 0.1) is 0 Å². The molecule has 0 amide bonds. The largest absolute Gasteiger partial charge is 0.496 e. The van der Waals surface area contributed by atoms with Crippen LogP contribution < -0.4 is 9.46 Å². The highest BCUT2D eigenvalue weighted by Crippen LogP contribution is 2.34. The number of nitrogens with zero attached hydrogens (tertiary/aromatic N) is 1. The molecule has 0 bridgehead atoms. The molecule has 7 heteroatoms. The first-order valence-electron chi connectivity index (χ1n) is 10.2. The Labute approximate surface area is 180 Å². The number of hydrogen-bond donors (Lipinski definition) is 1. The number of methoxy groups -OCH3 is 1. The molecule has 0 aliphatic carbocycles. The van der Waals surface area contributed by atoms with E-state index in [0.29, 0.717) is 13.0 Å². The Morgan fingerprint density at radius 1 is 1.13 bits per heavy atom. The molecular weight excluding hydrogens is 400 g/mol. The first-order valence-corrected chi connectivity index (χ1v) is 11.7. The lowest BCUT2D eigenvalue weighted by atomic mass is 9.86. The minimum absolute atomic E-state index is 0.0438. The van der Waals surface area contributed by atoms with Crippen molar-refractivity contribution in [3.05, 3.63) is 65.2 Å². The van der Waals surface area contributed by atoms with Gasteiger partial charge < -0.3 is 4.74 Å². The third-order valence-electron chi connectivity index (χ3n) is 5.59. The quantitative estimate of drug-likeness (QED) is 0.726. The minimum atomic E-state index is -3.58. The lowest BCUT2D eigenvalue weighted by Crippen LogP contribution is -2.40. The summed E-state index contributed by atoms with van der Waals surface area (Å²) in [5.74, 6) is 0.762. The molecule has 0 unspecified atom stereocenters. The zero-order valence-corrected chi connectivity index (χ0v) is 19.2. The van der Waals surface area contributed by atoms with Crippen molar-refractivity contribution in [2.75, 3.05) is 27.3 Å². The highest BCUT2D eigenvalue weighted by molar-refractivity contribution is 7.90. The molecule has 0 spiro atoms. The smallest absolute Gasteiger partial charge is 0.218 e. The summed E-state index contributed by atoms with van der Waals surface area (Å²) in [4.78, 5) is 5.61. The molecule has 1 N–H and O–H groups in total. The van der Waals surface area contributed by atoms with Crippen LogP contribution in [-0.4, -0.2) is 46.0 Å². The molecule has 1 saturated heterocycles. The van der Waals surface area contributed by atoms with Gasteiger partial charge in [-0.2, -0.15) is 5.06 Å². The third-order valence-corrected chi connectivity index (χ3v) is 7.39. The van der Waals surface area contributed by atoms with E-state index in [1.165, 1.54) is 5.56 Å². The van der Waals surface area contributed by atoms with Crippen molar-refractivity contribution >= 4 is 10.0 Å². The maximum atomic E-state index is 13.1. The summed E-state index contributed by atoms with van der Waals surface area (Å²) in [7, 11) is -0.176. The van der Waals surface area contributed by atoms with E-state index in [4.69, 9.17) is 9.57 Å². The van der Waals surface area contributed by atoms with Gasteiger partial charge in [0, 0.05) is 13.6 Å². The van der Waals surface area contributed by atoms with E-state index in [2.05, 4.69) is 37.6 Å². The zero-order chi connectivity index (χ0) is 21.9. The van der Waals surface area contributed by atoms with E-state index in [9.17, 15) is 8.42 Å². The van der Waals surface area contributed by atoms with Crippen LogP contribution in [-0.2, 0) is 26.7 Å². The molecule has 2 aromatic carbocycles. The van der Waals surface area contributed by atoms with Crippen LogP contribution >= 0.6 is 0 Å². The Morgan fingerprint density at radius 3 is 2.43 bits per heavy atom. The number of hydroxylamine groups is 2. The number of nitrogens with one attached hydrogen (secondary N) is 1. The monoisotopic (exact) mass is 432 g/mol. The number of sulfonamides is 1. The first kappa shape index (κ1) is 22.7. The van der Waals surface area contributed by atoms with Crippen LogP contribution in [0.25, 0.3) is 0 Å². The Morgan fingerprint density at radius 2 is 1.80 bits per heavy atom. The minimum Gasteiger partial charge on any atom is -0.496 e. The van der Waals surface area contributed by atoms with Gasteiger partial charge in [-0.25, -0.2) is 13.1 Å². The van der Waals surface area contributed by atoms with Crippen molar-refractivity contribution in [2.24, 2.45) is 0 Å². The van der Waals surface area contributed by atoms with Crippen LogP contribution in [0.5, 0.6) is 5.75 Å². The molecule has 6 nitrogen and oxygen atoms in total. The van der Waals surface area contributed by atoms with Gasteiger partial charge in [-0.15, -0.1) is 0 Å². The van der Waals surface area contributed by atoms with Crippen molar-refractivity contribution < 1.29 is 18.0 Å². The molecule has 1 heterocycles. The SMILES string of the molecule is COc1ccccc1CCNS(=O)(=O)[C@@H]1CON(C)[C@@H]1c1ccc(C(C)(C)C)cc1. The Hall–Kier alpha value is -1.93. The maximum absolute atomic E-state index is 13.1. The zero-order valence-electron chi connectivity index (χ0n) is 18.4. The second-order valence-corrected chi connectivity index (χ2v) is 10.7. The molecular formula is C23H32N2O4S. The van der Waals surface area contributed by atoms with Crippen molar-refractivity contribution in [3.63, 3.8) is 0 Å². The maximum Gasteiger partial charge on any atom is 0.218 e. The number of para-hydroxylation sites is 1. The first-order chi connectivity index (χ1) is 14.1. The van der Waals surface area contributed by atoms with E-state index in [1.54, 1.807) is 19.2 Å². The summed E-state index contributed by atoms with van der Waals surface area (Å²) >= 11 is 0. The highest BCUT2D eigenvalue weighted by atomic mass is 32.2. The average molecular weight is 433 g/mol. The van der Waals surface area contributed by atoms with Gasteiger partial charge >= 0.3 is 0 Å². The number of hydrogen-bond acceptors (Lipinski definition) is 5. The van der Waals surface area contributed by atoms with E-state index >= 15 is 0 Å². The topological polar surface area (TPSA) is 67.9 Å². The molecule has 1 aliphatic heterocycles. The van der Waals surface area contributed by atoms with Gasteiger partial charge in [-0.05, 0) is 34.6 Å². The van der Waals surface area contributed by atoms with Crippen LogP contribution in [0.4, 0.5) is 0 Å². The summed E-state index contributed by atoms with van der Waals surface area (Å²) in [5.41, 5.74) is 3.16. The summed E-state index contributed by atoms with van der Waals surface area (Å²) in [6, 6.07) is 15.4. The fraction of sp³-hybridized carbons (Fsp3) is 0.478. The predicted octanol–water partition coefficient (Wildman–Crippen LogP) is 3.44. The summed E-state index contributed by atoms with van der Waals surface area (Å²) in [6.07, 6.45) is 0.553. The fourth-order valence-corrected chi connectivity index (χ4v) is 5.31. The molecule has 1 aliphatic rings. The number of rotatable bonds is 7. The number of benzene rings is 2. The van der Waals surface area contributed by atoms with Crippen LogP contribution in [0.15, 0.2) is 48.5 Å². The third kappa shape index (κ3) is 5.03. The van der Waals surface area contributed by atoms with E-state index in [-0.39, 0.29) is 18.1 Å². The highest BCUT2D eigenvalue weighted by Gasteiger charge is 2.43. The predicted molar refractivity (Wildman–Crippen MR) is 119 cm³/mol. The molecule has 0 aromatic heterocycles. The fourth-order valence-electron chi connectivity index (χ4n) is 3.81. The molecule has 3 rings (SSSR count). The van der Waals surface area contributed by atoms with Gasteiger partial charge in [-0.1, -0.05) is 63.2 Å². The molecule has 0 saturated carbocycles. The Bertz CT molecular complexity index is 952. The number of ether oxygens (including phenoxy) is 1. The molecule has 2 aromatic rings. The summed E-state index contributed by atoms with van der Waals surface area (Å²) in [5, 5.41) is 0.969. The summed E-state index contributed by atoms with van der Waals surface area (Å²) in [6.45, 7) is 6.91. The lowest BCUT2D eigenvalue weighted by Gasteiger charge is -2.25. The van der Waals surface area contributed by atoms with Gasteiger partial charge in [0.1, 0.15) is 11.0 Å². The lowest BCUT2D eigenvalue weighted by molar-refractivity contribution is -0.110. The van der Waals surface area contributed by atoms with Crippen molar-refractivity contribution in [3.8, 4) is 5.75 Å². The van der Waals surface area contributed by atoms with Crippen LogP contribution in [0.2, 0.25) is 0 Å². The van der Waals surface area contributed by atoms with Gasteiger partial charge in [-0.3, -0.25) is 4.84 Å². The van der Waals surface area contributed by atoms with Gasteiger partial charge in [0.25, 0.3) is 0 Å². The normalized spacial score (nSPS) is 20.4. The van der Waals surface area contributed by atoms with Crippen LogP contribution in [0.1, 0.15) is 43.5 Å². The van der Waals surface area contributed by atoms with Crippen molar-refractivity contribution in [1.82, 2.24) is 9.79 Å². The van der Waals surface area contributed by atoms with Crippen LogP contribution in [0.3, 0.4) is 0 Å². The Kier molecular flexibility index (Phi) is 6.87.